The Balaban J connectivity index is 1.82. The van der Waals surface area contributed by atoms with Crippen LogP contribution in [0.25, 0.3) is 11.3 Å². The highest BCUT2D eigenvalue weighted by Crippen LogP contribution is 2.46. The van der Waals surface area contributed by atoms with E-state index in [1.807, 2.05) is 48.5 Å². The zero-order valence-electron chi connectivity index (χ0n) is 16.8. The van der Waals surface area contributed by atoms with Gasteiger partial charge < -0.3 is 19.9 Å². The second-order valence-corrected chi connectivity index (χ2v) is 6.89. The number of nitriles is 1. The molecule has 3 aromatic rings. The van der Waals surface area contributed by atoms with Gasteiger partial charge in [-0.2, -0.15) is 5.26 Å². The number of hydrogen-bond donors (Lipinski definition) is 2. The first kappa shape index (κ1) is 19.4. The highest BCUT2D eigenvalue weighted by atomic mass is 16.5. The molecular formula is C23H22N4O3. The maximum absolute atomic E-state index is 9.82. The maximum Gasteiger partial charge on any atom is 0.244 e. The van der Waals surface area contributed by atoms with Crippen molar-refractivity contribution in [2.45, 2.75) is 19.3 Å². The molecule has 1 aliphatic heterocycles. The lowest BCUT2D eigenvalue weighted by Crippen LogP contribution is -2.21. The van der Waals surface area contributed by atoms with Gasteiger partial charge in [-0.25, -0.2) is 0 Å². The first-order valence-electron chi connectivity index (χ1n) is 9.69. The largest absolute Gasteiger partial charge is 0.497 e. The molecule has 30 heavy (non-hydrogen) atoms. The van der Waals surface area contributed by atoms with Crippen LogP contribution >= 0.6 is 0 Å². The molecule has 7 nitrogen and oxygen atoms in total. The molecule has 1 aliphatic rings. The Morgan fingerprint density at radius 1 is 1.20 bits per heavy atom. The lowest BCUT2D eigenvalue weighted by Gasteiger charge is -2.24. The highest BCUT2D eigenvalue weighted by Gasteiger charge is 2.35. The van der Waals surface area contributed by atoms with Crippen molar-refractivity contribution in [3.8, 4) is 34.7 Å². The van der Waals surface area contributed by atoms with Crippen LogP contribution in [0, 0.1) is 11.3 Å². The Hall–Kier alpha value is -3.92. The van der Waals surface area contributed by atoms with Gasteiger partial charge in [-0.05, 0) is 48.4 Å². The molecule has 2 aromatic carbocycles. The average Bonchev–Trinajstić information content (AvgIpc) is 3.20. The topological polar surface area (TPSA) is 106 Å². The van der Waals surface area contributed by atoms with Crippen molar-refractivity contribution < 1.29 is 14.2 Å². The summed E-state index contributed by atoms with van der Waals surface area (Å²) in [5, 5.41) is 17.2. The molecule has 0 amide bonds. The van der Waals surface area contributed by atoms with Gasteiger partial charge in [-0.3, -0.25) is 5.10 Å². The molecule has 1 atom stereocenters. The van der Waals surface area contributed by atoms with Crippen molar-refractivity contribution in [1.29, 1.82) is 5.26 Å². The molecule has 0 saturated carbocycles. The Labute approximate surface area is 174 Å². The minimum atomic E-state index is -0.432. The van der Waals surface area contributed by atoms with Gasteiger partial charge in [0, 0.05) is 5.56 Å². The Bertz CT molecular complexity index is 1130. The molecule has 7 heteroatoms. The number of methoxy groups -OCH3 is 1. The molecule has 0 radical (unpaired) electrons. The van der Waals surface area contributed by atoms with Crippen LogP contribution in [0.3, 0.4) is 0 Å². The summed E-state index contributed by atoms with van der Waals surface area (Å²) in [4.78, 5) is 0. The van der Waals surface area contributed by atoms with E-state index in [1.54, 1.807) is 7.11 Å². The third kappa shape index (κ3) is 3.44. The quantitative estimate of drug-likeness (QED) is 0.643. The number of aromatic amines is 1. The van der Waals surface area contributed by atoms with E-state index in [9.17, 15) is 5.26 Å². The highest BCUT2D eigenvalue weighted by molar-refractivity contribution is 5.71. The Kier molecular flexibility index (Phi) is 5.31. The summed E-state index contributed by atoms with van der Waals surface area (Å²) < 4.78 is 16.7. The van der Waals surface area contributed by atoms with E-state index in [1.165, 1.54) is 0 Å². The van der Waals surface area contributed by atoms with E-state index >= 15 is 0 Å². The third-order valence-corrected chi connectivity index (χ3v) is 4.98. The summed E-state index contributed by atoms with van der Waals surface area (Å²) in [6.07, 6.45) is 0.945. The fourth-order valence-corrected chi connectivity index (χ4v) is 3.56. The van der Waals surface area contributed by atoms with E-state index < -0.39 is 5.92 Å². The van der Waals surface area contributed by atoms with Crippen molar-refractivity contribution in [3.05, 3.63) is 71.1 Å². The fraction of sp³-hybridized carbons (Fsp3) is 0.217. The van der Waals surface area contributed by atoms with Crippen LogP contribution in [0.1, 0.15) is 30.4 Å². The maximum atomic E-state index is 9.82. The molecule has 0 saturated heterocycles. The number of hydrogen-bond acceptors (Lipinski definition) is 6. The number of H-pyrrole nitrogens is 1. The molecule has 0 spiro atoms. The first-order chi connectivity index (χ1) is 14.7. The van der Waals surface area contributed by atoms with Crippen LogP contribution in [0.15, 0.2) is 60.0 Å². The molecule has 0 aliphatic carbocycles. The average molecular weight is 402 g/mol. The van der Waals surface area contributed by atoms with Crippen LogP contribution in [-0.2, 0) is 0 Å². The van der Waals surface area contributed by atoms with Crippen molar-refractivity contribution >= 4 is 0 Å². The van der Waals surface area contributed by atoms with E-state index in [0.717, 1.165) is 34.6 Å². The second kappa shape index (κ2) is 8.21. The number of nitrogens with one attached hydrogen (secondary N) is 1. The number of ether oxygens (including phenoxy) is 3. The number of benzene rings is 2. The zero-order valence-corrected chi connectivity index (χ0v) is 16.8. The van der Waals surface area contributed by atoms with Crippen LogP contribution < -0.4 is 19.9 Å². The van der Waals surface area contributed by atoms with Crippen LogP contribution in [0.5, 0.6) is 17.4 Å². The standard InChI is InChI=1S/C23H22N4O3/c1-3-11-29-16-9-7-14(8-10-16)21-20-19(15-5-4-6-17(12-15)28-2)18(13-24)22(25)30-23(20)27-26-21/h4-10,12,19H,3,11,25H2,1-2H3,(H,26,27)/t19-/m1/s1. The predicted octanol–water partition coefficient (Wildman–Crippen LogP) is 4.09. The predicted molar refractivity (Wildman–Crippen MR) is 112 cm³/mol. The minimum Gasteiger partial charge on any atom is -0.497 e. The number of nitrogens with two attached hydrogens (primary N) is 1. The Morgan fingerprint density at radius 2 is 2.00 bits per heavy atom. The van der Waals surface area contributed by atoms with Crippen molar-refractivity contribution in [2.24, 2.45) is 5.73 Å². The number of allylic oxidation sites excluding steroid dienone is 1. The monoisotopic (exact) mass is 402 g/mol. The number of aromatic nitrogens is 2. The summed E-state index contributed by atoms with van der Waals surface area (Å²) in [7, 11) is 1.61. The lowest BCUT2D eigenvalue weighted by atomic mass is 9.83. The van der Waals surface area contributed by atoms with Gasteiger partial charge in [0.25, 0.3) is 0 Å². The molecule has 152 valence electrons. The lowest BCUT2D eigenvalue weighted by molar-refractivity contribution is 0.317. The molecule has 0 fully saturated rings. The summed E-state index contributed by atoms with van der Waals surface area (Å²) in [6.45, 7) is 2.73. The molecule has 0 unspecified atom stereocenters. The zero-order chi connectivity index (χ0) is 21.1. The van der Waals surface area contributed by atoms with Crippen LogP contribution in [-0.4, -0.2) is 23.9 Å². The first-order valence-corrected chi connectivity index (χ1v) is 9.69. The number of fused-ring (bicyclic) bond motifs is 1. The van der Waals surface area contributed by atoms with E-state index in [4.69, 9.17) is 19.9 Å². The van der Waals surface area contributed by atoms with E-state index in [0.29, 0.717) is 23.8 Å². The molecule has 4 rings (SSSR count). The SMILES string of the molecule is CCCOc1ccc(-c2[nH]nc3c2[C@H](c2cccc(OC)c2)C(C#N)=C(N)O3)cc1. The van der Waals surface area contributed by atoms with Crippen LogP contribution in [0.4, 0.5) is 0 Å². The molecular weight excluding hydrogens is 380 g/mol. The van der Waals surface area contributed by atoms with Gasteiger partial charge in [-0.1, -0.05) is 19.1 Å². The van der Waals surface area contributed by atoms with E-state index in [2.05, 4.69) is 23.2 Å². The number of rotatable bonds is 6. The summed E-state index contributed by atoms with van der Waals surface area (Å²) in [5.74, 6) is 1.48. The third-order valence-electron chi connectivity index (χ3n) is 4.98. The second-order valence-electron chi connectivity index (χ2n) is 6.89. The normalized spacial score (nSPS) is 15.2. The fourth-order valence-electron chi connectivity index (χ4n) is 3.56. The smallest absolute Gasteiger partial charge is 0.244 e. The van der Waals surface area contributed by atoms with Crippen molar-refractivity contribution in [1.82, 2.24) is 10.2 Å². The molecule has 1 aromatic heterocycles. The molecule has 0 bridgehead atoms. The van der Waals surface area contributed by atoms with Gasteiger partial charge in [0.15, 0.2) is 0 Å². The van der Waals surface area contributed by atoms with Gasteiger partial charge >= 0.3 is 0 Å². The van der Waals surface area contributed by atoms with Crippen LogP contribution in [0.2, 0.25) is 0 Å². The van der Waals surface area contributed by atoms with Crippen molar-refractivity contribution in [3.63, 3.8) is 0 Å². The molecule has 2 heterocycles. The summed E-state index contributed by atoms with van der Waals surface area (Å²) in [5.41, 5.74) is 9.68. The van der Waals surface area contributed by atoms with Gasteiger partial charge in [0.1, 0.15) is 23.1 Å². The van der Waals surface area contributed by atoms with E-state index in [-0.39, 0.29) is 5.88 Å². The van der Waals surface area contributed by atoms with Gasteiger partial charge in [-0.15, -0.1) is 5.10 Å². The summed E-state index contributed by atoms with van der Waals surface area (Å²) in [6, 6.07) is 17.5. The van der Waals surface area contributed by atoms with Gasteiger partial charge in [0.05, 0.1) is 30.9 Å². The molecule has 3 N–H and O–H groups in total. The summed E-state index contributed by atoms with van der Waals surface area (Å²) >= 11 is 0. The van der Waals surface area contributed by atoms with Crippen molar-refractivity contribution in [2.75, 3.05) is 13.7 Å². The minimum absolute atomic E-state index is 0.0548. The number of nitrogens with zero attached hydrogens (tertiary/aromatic N) is 2. The Morgan fingerprint density at radius 3 is 2.70 bits per heavy atom. The van der Waals surface area contributed by atoms with Gasteiger partial charge in [0.2, 0.25) is 11.8 Å².